The van der Waals surface area contributed by atoms with Crippen LogP contribution >= 0.6 is 0 Å². The van der Waals surface area contributed by atoms with E-state index in [9.17, 15) is 0 Å². The molecule has 2 N–H and O–H groups in total. The topological polar surface area (TPSA) is 49.8 Å². The van der Waals surface area contributed by atoms with Crippen LogP contribution in [0.25, 0.3) is 0 Å². The molecule has 1 aromatic carbocycles. The van der Waals surface area contributed by atoms with Gasteiger partial charge < -0.3 is 5.73 Å². The lowest BCUT2D eigenvalue weighted by atomic mass is 9.79. The molecule has 1 aromatic rings. The standard InChI is InChI=1S/C17H20N2/c1-3-15(14-9-7-13(11-18)8-10-14)16-6-4-5-12(2)17(16)19/h4-10,12,15,17H,3,19H2,1-2H3. The normalized spacial score (nSPS) is 23.6. The molecule has 2 heteroatoms. The highest BCUT2D eigenvalue weighted by atomic mass is 14.7. The van der Waals surface area contributed by atoms with Gasteiger partial charge in [-0.3, -0.25) is 0 Å². The Morgan fingerprint density at radius 3 is 2.58 bits per heavy atom. The lowest BCUT2D eigenvalue weighted by Crippen LogP contribution is -2.33. The van der Waals surface area contributed by atoms with Gasteiger partial charge in [0, 0.05) is 12.0 Å². The third-order valence-electron chi connectivity index (χ3n) is 3.91. The van der Waals surface area contributed by atoms with Crippen LogP contribution in [0.15, 0.2) is 48.1 Å². The van der Waals surface area contributed by atoms with Gasteiger partial charge in [-0.15, -0.1) is 0 Å². The largest absolute Gasteiger partial charge is 0.324 e. The summed E-state index contributed by atoms with van der Waals surface area (Å²) in [6, 6.07) is 10.1. The van der Waals surface area contributed by atoms with Crippen LogP contribution in [0, 0.1) is 17.2 Å². The van der Waals surface area contributed by atoms with E-state index >= 15 is 0 Å². The molecule has 0 saturated carbocycles. The number of hydrogen-bond donors (Lipinski definition) is 1. The average molecular weight is 252 g/mol. The molecule has 2 nitrogen and oxygen atoms in total. The highest BCUT2D eigenvalue weighted by molar-refractivity contribution is 5.39. The predicted octanol–water partition coefficient (Wildman–Crippen LogP) is 3.51. The fourth-order valence-electron chi connectivity index (χ4n) is 2.68. The minimum atomic E-state index is 0.0885. The number of nitrogens with two attached hydrogens (primary N) is 1. The summed E-state index contributed by atoms with van der Waals surface area (Å²) in [7, 11) is 0. The van der Waals surface area contributed by atoms with E-state index in [0.717, 1.165) is 6.42 Å². The summed E-state index contributed by atoms with van der Waals surface area (Å²) in [6.07, 6.45) is 7.43. The van der Waals surface area contributed by atoms with Crippen LogP contribution in [0.2, 0.25) is 0 Å². The van der Waals surface area contributed by atoms with Crippen LogP contribution in [0.5, 0.6) is 0 Å². The average Bonchev–Trinajstić information content (AvgIpc) is 2.45. The number of nitrogens with zero attached hydrogens (tertiary/aromatic N) is 1. The molecule has 0 radical (unpaired) electrons. The SMILES string of the molecule is CCC(C1=CC=CC(C)C1N)c1ccc(C#N)cc1. The zero-order valence-electron chi connectivity index (χ0n) is 11.5. The summed E-state index contributed by atoms with van der Waals surface area (Å²) in [4.78, 5) is 0. The van der Waals surface area contributed by atoms with E-state index in [2.05, 4.69) is 38.1 Å². The first-order valence-electron chi connectivity index (χ1n) is 6.81. The zero-order chi connectivity index (χ0) is 13.8. The Hall–Kier alpha value is -1.85. The van der Waals surface area contributed by atoms with Crippen molar-refractivity contribution >= 4 is 0 Å². The van der Waals surface area contributed by atoms with E-state index in [0.29, 0.717) is 17.4 Å². The second kappa shape index (κ2) is 5.86. The van der Waals surface area contributed by atoms with Crippen molar-refractivity contribution in [2.45, 2.75) is 32.2 Å². The Labute approximate surface area is 115 Å². The van der Waals surface area contributed by atoms with Crippen LogP contribution in [-0.2, 0) is 0 Å². The number of nitriles is 1. The van der Waals surface area contributed by atoms with Gasteiger partial charge in [-0.1, -0.05) is 44.2 Å². The van der Waals surface area contributed by atoms with Gasteiger partial charge in [0.2, 0.25) is 0 Å². The van der Waals surface area contributed by atoms with Crippen LogP contribution in [0.3, 0.4) is 0 Å². The highest BCUT2D eigenvalue weighted by Gasteiger charge is 2.24. The van der Waals surface area contributed by atoms with Gasteiger partial charge in [0.05, 0.1) is 11.6 Å². The maximum absolute atomic E-state index is 8.86. The fourth-order valence-corrected chi connectivity index (χ4v) is 2.68. The quantitative estimate of drug-likeness (QED) is 0.895. The van der Waals surface area contributed by atoms with Crippen molar-refractivity contribution in [3.8, 4) is 6.07 Å². The summed E-state index contributed by atoms with van der Waals surface area (Å²) in [6.45, 7) is 4.33. The summed E-state index contributed by atoms with van der Waals surface area (Å²) in [5.74, 6) is 0.725. The van der Waals surface area contributed by atoms with Gasteiger partial charge in [0.15, 0.2) is 0 Å². The first kappa shape index (κ1) is 13.6. The lowest BCUT2D eigenvalue weighted by molar-refractivity contribution is 0.548. The van der Waals surface area contributed by atoms with E-state index in [1.54, 1.807) is 0 Å². The van der Waals surface area contributed by atoms with Gasteiger partial charge in [0.1, 0.15) is 0 Å². The van der Waals surface area contributed by atoms with E-state index in [-0.39, 0.29) is 6.04 Å². The Kier molecular flexibility index (Phi) is 4.19. The number of benzene rings is 1. The summed E-state index contributed by atoms with van der Waals surface area (Å²) in [5.41, 5.74) is 9.56. The van der Waals surface area contributed by atoms with Gasteiger partial charge in [-0.25, -0.2) is 0 Å². The van der Waals surface area contributed by atoms with Crippen LogP contribution in [0.4, 0.5) is 0 Å². The van der Waals surface area contributed by atoms with Crippen molar-refractivity contribution in [3.63, 3.8) is 0 Å². The molecule has 2 rings (SSSR count). The van der Waals surface area contributed by atoms with Crippen molar-refractivity contribution in [2.24, 2.45) is 11.7 Å². The molecule has 19 heavy (non-hydrogen) atoms. The Morgan fingerprint density at radius 2 is 2.00 bits per heavy atom. The second-order valence-electron chi connectivity index (χ2n) is 5.13. The minimum Gasteiger partial charge on any atom is -0.324 e. The van der Waals surface area contributed by atoms with Gasteiger partial charge >= 0.3 is 0 Å². The first-order chi connectivity index (χ1) is 9.17. The van der Waals surface area contributed by atoms with E-state index in [1.165, 1.54) is 11.1 Å². The molecule has 0 amide bonds. The number of hydrogen-bond acceptors (Lipinski definition) is 2. The highest BCUT2D eigenvalue weighted by Crippen LogP contribution is 2.33. The molecule has 98 valence electrons. The lowest BCUT2D eigenvalue weighted by Gasteiger charge is -2.29. The minimum absolute atomic E-state index is 0.0885. The summed E-state index contributed by atoms with van der Waals surface area (Å²) >= 11 is 0. The van der Waals surface area contributed by atoms with Crippen molar-refractivity contribution in [3.05, 3.63) is 59.2 Å². The molecule has 0 heterocycles. The van der Waals surface area contributed by atoms with E-state index < -0.39 is 0 Å². The van der Waals surface area contributed by atoms with Gasteiger partial charge in [-0.2, -0.15) is 5.26 Å². The fraction of sp³-hybridized carbons (Fsp3) is 0.353. The monoisotopic (exact) mass is 252 g/mol. The van der Waals surface area contributed by atoms with Gasteiger partial charge in [-0.05, 0) is 35.6 Å². The van der Waals surface area contributed by atoms with E-state index in [1.807, 2.05) is 24.3 Å². The van der Waals surface area contributed by atoms with Crippen molar-refractivity contribution < 1.29 is 0 Å². The number of allylic oxidation sites excluding steroid dienone is 2. The van der Waals surface area contributed by atoms with Crippen molar-refractivity contribution in [1.82, 2.24) is 0 Å². The third kappa shape index (κ3) is 2.77. The van der Waals surface area contributed by atoms with Crippen LogP contribution in [0.1, 0.15) is 37.3 Å². The molecule has 0 saturated heterocycles. The Bertz CT molecular complexity index is 531. The molecular weight excluding hydrogens is 232 g/mol. The van der Waals surface area contributed by atoms with Crippen molar-refractivity contribution in [1.29, 1.82) is 5.26 Å². The zero-order valence-corrected chi connectivity index (χ0v) is 11.5. The van der Waals surface area contributed by atoms with Crippen LogP contribution < -0.4 is 5.73 Å². The molecule has 1 aliphatic carbocycles. The second-order valence-corrected chi connectivity index (χ2v) is 5.13. The Balaban J connectivity index is 2.31. The molecule has 1 aliphatic rings. The summed E-state index contributed by atoms with van der Waals surface area (Å²) < 4.78 is 0. The number of rotatable bonds is 3. The molecule has 0 fully saturated rings. The molecule has 0 bridgehead atoms. The van der Waals surface area contributed by atoms with E-state index in [4.69, 9.17) is 11.0 Å². The molecule has 3 atom stereocenters. The molecule has 3 unspecified atom stereocenters. The van der Waals surface area contributed by atoms with Gasteiger partial charge in [0.25, 0.3) is 0 Å². The first-order valence-corrected chi connectivity index (χ1v) is 6.81. The molecule has 0 spiro atoms. The molecule has 0 aromatic heterocycles. The smallest absolute Gasteiger partial charge is 0.0991 e. The maximum Gasteiger partial charge on any atom is 0.0991 e. The predicted molar refractivity (Wildman–Crippen MR) is 78.6 cm³/mol. The van der Waals surface area contributed by atoms with Crippen LogP contribution in [-0.4, -0.2) is 6.04 Å². The summed E-state index contributed by atoms with van der Waals surface area (Å²) in [5, 5.41) is 8.86. The Morgan fingerprint density at radius 1 is 1.32 bits per heavy atom. The molecule has 0 aliphatic heterocycles. The third-order valence-corrected chi connectivity index (χ3v) is 3.91. The maximum atomic E-state index is 8.86. The molecular formula is C17H20N2. The van der Waals surface area contributed by atoms with Crippen molar-refractivity contribution in [2.75, 3.05) is 0 Å².